The summed E-state index contributed by atoms with van der Waals surface area (Å²) in [5.41, 5.74) is 3.49. The monoisotopic (exact) mass is 449 g/mol. The third kappa shape index (κ3) is 5.90. The van der Waals surface area contributed by atoms with Crippen LogP contribution in [0.15, 0.2) is 76.7 Å². The van der Waals surface area contributed by atoms with Crippen molar-refractivity contribution in [3.05, 3.63) is 111 Å². The van der Waals surface area contributed by atoms with Gasteiger partial charge in [-0.3, -0.25) is 9.69 Å². The second-order valence-electron chi connectivity index (χ2n) is 7.59. The molecule has 7 heteroatoms. The number of amides is 1. The lowest BCUT2D eigenvalue weighted by atomic mass is 10.2. The van der Waals surface area contributed by atoms with Crippen LogP contribution in [0.25, 0.3) is 0 Å². The molecule has 0 aliphatic heterocycles. The van der Waals surface area contributed by atoms with E-state index >= 15 is 0 Å². The van der Waals surface area contributed by atoms with Gasteiger partial charge in [0.05, 0.1) is 6.54 Å². The van der Waals surface area contributed by atoms with Crippen molar-refractivity contribution in [2.24, 2.45) is 0 Å². The summed E-state index contributed by atoms with van der Waals surface area (Å²) in [7, 11) is 0. The molecular formula is C25H24FN3O2S. The topological polar surface area (TPSA) is 58.4 Å². The molecule has 4 aromatic rings. The van der Waals surface area contributed by atoms with E-state index in [0.717, 1.165) is 11.1 Å². The number of oxazole rings is 1. The summed E-state index contributed by atoms with van der Waals surface area (Å²) in [6.45, 7) is 4.26. The zero-order valence-electron chi connectivity index (χ0n) is 17.8. The smallest absolute Gasteiger partial charge is 0.273 e. The van der Waals surface area contributed by atoms with Crippen molar-refractivity contribution >= 4 is 17.2 Å². The molecule has 0 unspecified atom stereocenters. The molecule has 5 nitrogen and oxygen atoms in total. The van der Waals surface area contributed by atoms with Crippen LogP contribution in [0.2, 0.25) is 0 Å². The average Bonchev–Trinajstić information content (AvgIpc) is 3.43. The summed E-state index contributed by atoms with van der Waals surface area (Å²) >= 11 is 1.70. The van der Waals surface area contributed by atoms with Crippen molar-refractivity contribution in [1.82, 2.24) is 15.2 Å². The van der Waals surface area contributed by atoms with Crippen LogP contribution in [0.1, 0.15) is 37.9 Å². The van der Waals surface area contributed by atoms with Gasteiger partial charge in [-0.2, -0.15) is 0 Å². The Hall–Kier alpha value is -3.29. The standard InChI is InChI=1S/C25H24FN3O2S/c1-18-11-12-32-23(18)15-29(14-20-7-9-21(26)10-8-20)16-24-28-22(17-31-24)25(30)27-13-19-5-3-2-4-6-19/h2-12,17H,13-16H2,1H3,(H,27,30). The molecule has 0 bridgehead atoms. The summed E-state index contributed by atoms with van der Waals surface area (Å²) in [6, 6.07) is 18.3. The second kappa shape index (κ2) is 10.3. The molecule has 1 N–H and O–H groups in total. The minimum Gasteiger partial charge on any atom is -0.447 e. The molecule has 4 rings (SSSR count). The van der Waals surface area contributed by atoms with Crippen LogP contribution in [0.4, 0.5) is 4.39 Å². The van der Waals surface area contributed by atoms with E-state index in [1.807, 2.05) is 30.3 Å². The summed E-state index contributed by atoms with van der Waals surface area (Å²) in [6.07, 6.45) is 1.39. The summed E-state index contributed by atoms with van der Waals surface area (Å²) in [5.74, 6) is -0.0671. The van der Waals surface area contributed by atoms with Gasteiger partial charge in [0.25, 0.3) is 5.91 Å². The summed E-state index contributed by atoms with van der Waals surface area (Å²) < 4.78 is 18.9. The number of rotatable bonds is 9. The number of aromatic nitrogens is 1. The summed E-state index contributed by atoms with van der Waals surface area (Å²) in [4.78, 5) is 20.3. The normalized spacial score (nSPS) is 11.1. The van der Waals surface area contributed by atoms with E-state index < -0.39 is 0 Å². The van der Waals surface area contributed by atoms with Crippen LogP contribution < -0.4 is 5.32 Å². The maximum Gasteiger partial charge on any atom is 0.273 e. The molecule has 0 aliphatic carbocycles. The zero-order chi connectivity index (χ0) is 22.3. The number of benzene rings is 2. The predicted octanol–water partition coefficient (Wildman–Crippen LogP) is 5.32. The fourth-order valence-electron chi connectivity index (χ4n) is 3.33. The minimum atomic E-state index is -0.275. The van der Waals surface area contributed by atoms with Crippen LogP contribution >= 0.6 is 11.3 Å². The molecule has 1 amide bonds. The molecule has 0 aliphatic rings. The molecule has 0 fully saturated rings. The number of hydrogen-bond acceptors (Lipinski definition) is 5. The maximum atomic E-state index is 13.3. The number of aryl methyl sites for hydroxylation is 1. The first kappa shape index (κ1) is 21.9. The number of nitrogens with zero attached hydrogens (tertiary/aromatic N) is 2. The minimum absolute atomic E-state index is 0.255. The van der Waals surface area contributed by atoms with Crippen molar-refractivity contribution in [1.29, 1.82) is 0 Å². The van der Waals surface area contributed by atoms with Gasteiger partial charge in [-0.15, -0.1) is 11.3 Å². The largest absolute Gasteiger partial charge is 0.447 e. The van der Waals surface area contributed by atoms with E-state index in [1.165, 1.54) is 28.8 Å². The Balaban J connectivity index is 1.43. The lowest BCUT2D eigenvalue weighted by molar-refractivity contribution is 0.0945. The van der Waals surface area contributed by atoms with Gasteiger partial charge in [0.1, 0.15) is 12.1 Å². The fourth-order valence-corrected chi connectivity index (χ4v) is 4.28. The van der Waals surface area contributed by atoms with Crippen molar-refractivity contribution in [3.8, 4) is 0 Å². The van der Waals surface area contributed by atoms with Crippen LogP contribution in [0.5, 0.6) is 0 Å². The maximum absolute atomic E-state index is 13.3. The van der Waals surface area contributed by atoms with Gasteiger partial charge in [0, 0.05) is 24.5 Å². The molecule has 0 radical (unpaired) electrons. The van der Waals surface area contributed by atoms with Crippen molar-refractivity contribution in [3.63, 3.8) is 0 Å². The zero-order valence-corrected chi connectivity index (χ0v) is 18.6. The Morgan fingerprint density at radius 3 is 2.53 bits per heavy atom. The van der Waals surface area contributed by atoms with E-state index in [2.05, 4.69) is 33.6 Å². The fraction of sp³-hybridized carbons (Fsp3) is 0.200. The van der Waals surface area contributed by atoms with Crippen LogP contribution in [0.3, 0.4) is 0 Å². The molecule has 0 spiro atoms. The van der Waals surface area contributed by atoms with E-state index in [9.17, 15) is 9.18 Å². The third-order valence-electron chi connectivity index (χ3n) is 5.09. The van der Waals surface area contributed by atoms with E-state index in [1.54, 1.807) is 23.5 Å². The van der Waals surface area contributed by atoms with E-state index in [4.69, 9.17) is 4.42 Å². The van der Waals surface area contributed by atoms with Crippen molar-refractivity contribution in [2.45, 2.75) is 33.1 Å². The van der Waals surface area contributed by atoms with Crippen LogP contribution in [-0.2, 0) is 26.2 Å². The lowest BCUT2D eigenvalue weighted by Crippen LogP contribution is -2.24. The number of thiophene rings is 1. The molecule has 164 valence electrons. The highest BCUT2D eigenvalue weighted by molar-refractivity contribution is 7.10. The molecule has 32 heavy (non-hydrogen) atoms. The van der Waals surface area contributed by atoms with Gasteiger partial charge < -0.3 is 9.73 Å². The van der Waals surface area contributed by atoms with E-state index in [0.29, 0.717) is 32.1 Å². The molecule has 2 aromatic carbocycles. The lowest BCUT2D eigenvalue weighted by Gasteiger charge is -2.20. The van der Waals surface area contributed by atoms with Gasteiger partial charge in [0.15, 0.2) is 5.69 Å². The van der Waals surface area contributed by atoms with Gasteiger partial charge in [0.2, 0.25) is 5.89 Å². The van der Waals surface area contributed by atoms with Gasteiger partial charge in [-0.25, -0.2) is 9.37 Å². The first-order valence-electron chi connectivity index (χ1n) is 10.3. The number of carbonyl (C=O) groups excluding carboxylic acids is 1. The Bertz CT molecular complexity index is 1160. The number of carbonyl (C=O) groups is 1. The molecule has 0 atom stereocenters. The number of halogens is 1. The van der Waals surface area contributed by atoms with Gasteiger partial charge in [-0.1, -0.05) is 42.5 Å². The highest BCUT2D eigenvalue weighted by Gasteiger charge is 2.17. The van der Waals surface area contributed by atoms with Gasteiger partial charge in [-0.05, 0) is 47.2 Å². The highest BCUT2D eigenvalue weighted by Crippen LogP contribution is 2.21. The first-order valence-corrected chi connectivity index (χ1v) is 11.2. The Kier molecular flexibility index (Phi) is 7.09. The van der Waals surface area contributed by atoms with Gasteiger partial charge >= 0.3 is 0 Å². The average molecular weight is 450 g/mol. The van der Waals surface area contributed by atoms with Crippen molar-refractivity contribution in [2.75, 3.05) is 0 Å². The molecule has 2 aromatic heterocycles. The molecule has 0 saturated carbocycles. The number of nitrogens with one attached hydrogen (secondary N) is 1. The second-order valence-corrected chi connectivity index (χ2v) is 8.59. The predicted molar refractivity (Wildman–Crippen MR) is 123 cm³/mol. The van der Waals surface area contributed by atoms with E-state index in [-0.39, 0.29) is 17.4 Å². The Morgan fingerprint density at radius 1 is 1.03 bits per heavy atom. The molecular weight excluding hydrogens is 425 g/mol. The SMILES string of the molecule is Cc1ccsc1CN(Cc1ccc(F)cc1)Cc1nc(C(=O)NCc2ccccc2)co1. The molecule has 2 heterocycles. The van der Waals surface area contributed by atoms with Crippen LogP contribution in [-0.4, -0.2) is 15.8 Å². The highest BCUT2D eigenvalue weighted by atomic mass is 32.1. The summed E-state index contributed by atoms with van der Waals surface area (Å²) in [5, 5.41) is 4.93. The third-order valence-corrected chi connectivity index (χ3v) is 6.10. The van der Waals surface area contributed by atoms with Crippen molar-refractivity contribution < 1.29 is 13.6 Å². The number of hydrogen-bond donors (Lipinski definition) is 1. The Morgan fingerprint density at radius 2 is 1.81 bits per heavy atom. The molecule has 0 saturated heterocycles. The first-order chi connectivity index (χ1) is 15.6. The Labute approximate surface area is 190 Å². The van der Waals surface area contributed by atoms with Crippen LogP contribution in [0, 0.1) is 12.7 Å². The quantitative estimate of drug-likeness (QED) is 0.376.